The number of halogens is 2. The summed E-state index contributed by atoms with van der Waals surface area (Å²) >= 11 is 5.81. The highest BCUT2D eigenvalue weighted by Crippen LogP contribution is 2.16. The van der Waals surface area contributed by atoms with Gasteiger partial charge in [-0.05, 0) is 18.2 Å². The molecule has 1 aromatic carbocycles. The van der Waals surface area contributed by atoms with Crippen LogP contribution < -0.4 is 10.1 Å². The highest BCUT2D eigenvalue weighted by molar-refractivity contribution is 6.30. The van der Waals surface area contributed by atoms with Gasteiger partial charge in [0.15, 0.2) is 0 Å². The Morgan fingerprint density at radius 1 is 1.40 bits per heavy atom. The third kappa shape index (κ3) is 6.61. The molecule has 0 aliphatic heterocycles. The molecule has 4 heteroatoms. The molecule has 0 aromatic heterocycles. The van der Waals surface area contributed by atoms with Crippen molar-refractivity contribution in [2.75, 3.05) is 13.2 Å². The van der Waals surface area contributed by atoms with E-state index in [1.54, 1.807) is 0 Å². The minimum atomic E-state index is 0. The summed E-state index contributed by atoms with van der Waals surface area (Å²) in [6, 6.07) is 7.94. The van der Waals surface area contributed by atoms with Crippen LogP contribution >= 0.6 is 24.0 Å². The Hall–Kier alpha value is -0.440. The second kappa shape index (κ2) is 7.80. The molecular formula is C11H17Cl2NO. The van der Waals surface area contributed by atoms with Gasteiger partial charge >= 0.3 is 0 Å². The minimum absolute atomic E-state index is 0. The first-order valence-corrected chi connectivity index (χ1v) is 5.18. The van der Waals surface area contributed by atoms with Gasteiger partial charge in [-0.2, -0.15) is 0 Å². The largest absolute Gasteiger partial charge is 0.492 e. The molecule has 0 amide bonds. The molecule has 15 heavy (non-hydrogen) atoms. The predicted molar refractivity (Wildman–Crippen MR) is 67.3 cm³/mol. The van der Waals surface area contributed by atoms with E-state index in [1.165, 1.54) is 0 Å². The molecule has 0 spiro atoms. The van der Waals surface area contributed by atoms with Gasteiger partial charge in [-0.3, -0.25) is 0 Å². The number of hydrogen-bond donors (Lipinski definition) is 1. The number of nitrogens with one attached hydrogen (secondary N) is 1. The van der Waals surface area contributed by atoms with E-state index in [4.69, 9.17) is 16.3 Å². The van der Waals surface area contributed by atoms with Crippen molar-refractivity contribution in [2.24, 2.45) is 0 Å². The average molecular weight is 250 g/mol. The summed E-state index contributed by atoms with van der Waals surface area (Å²) in [5.74, 6) is 0.822. The van der Waals surface area contributed by atoms with E-state index in [2.05, 4.69) is 19.2 Å². The molecule has 0 heterocycles. The maximum Gasteiger partial charge on any atom is 0.120 e. The van der Waals surface area contributed by atoms with Crippen molar-refractivity contribution in [1.29, 1.82) is 0 Å². The van der Waals surface area contributed by atoms with E-state index in [-0.39, 0.29) is 12.4 Å². The zero-order chi connectivity index (χ0) is 10.4. The first kappa shape index (κ1) is 14.6. The minimum Gasteiger partial charge on any atom is -0.492 e. The third-order valence-corrected chi connectivity index (χ3v) is 1.95. The third-order valence-electron chi connectivity index (χ3n) is 1.72. The maximum absolute atomic E-state index is 5.81. The maximum atomic E-state index is 5.81. The molecule has 0 aliphatic carbocycles. The van der Waals surface area contributed by atoms with E-state index < -0.39 is 0 Å². The van der Waals surface area contributed by atoms with Crippen LogP contribution in [-0.4, -0.2) is 19.2 Å². The Morgan fingerprint density at radius 3 is 2.73 bits per heavy atom. The number of benzene rings is 1. The van der Waals surface area contributed by atoms with Crippen LogP contribution in [0.25, 0.3) is 0 Å². The molecular weight excluding hydrogens is 233 g/mol. The SMILES string of the molecule is CC(C)NCCOc1cccc(Cl)c1.Cl. The molecule has 0 fully saturated rings. The van der Waals surface area contributed by atoms with Crippen molar-refractivity contribution in [1.82, 2.24) is 5.32 Å². The molecule has 1 N–H and O–H groups in total. The molecule has 0 bridgehead atoms. The monoisotopic (exact) mass is 249 g/mol. The quantitative estimate of drug-likeness (QED) is 0.810. The molecule has 0 saturated carbocycles. The van der Waals surface area contributed by atoms with E-state index in [0.29, 0.717) is 17.7 Å². The van der Waals surface area contributed by atoms with Gasteiger partial charge in [0.2, 0.25) is 0 Å². The van der Waals surface area contributed by atoms with Crippen molar-refractivity contribution in [3.63, 3.8) is 0 Å². The molecule has 0 aliphatic rings. The highest BCUT2D eigenvalue weighted by atomic mass is 35.5. The van der Waals surface area contributed by atoms with Crippen LogP contribution in [0.3, 0.4) is 0 Å². The zero-order valence-corrected chi connectivity index (χ0v) is 10.6. The molecule has 1 aromatic rings. The topological polar surface area (TPSA) is 21.3 Å². The highest BCUT2D eigenvalue weighted by Gasteiger charge is 1.95. The van der Waals surface area contributed by atoms with Crippen molar-refractivity contribution < 1.29 is 4.74 Å². The standard InChI is InChI=1S/C11H16ClNO.ClH/c1-9(2)13-6-7-14-11-5-3-4-10(12)8-11;/h3-5,8-9,13H,6-7H2,1-2H3;1H. The lowest BCUT2D eigenvalue weighted by atomic mass is 10.3. The summed E-state index contributed by atoms with van der Waals surface area (Å²) in [6.45, 7) is 5.74. The van der Waals surface area contributed by atoms with E-state index in [1.807, 2.05) is 24.3 Å². The molecule has 1 rings (SSSR count). The molecule has 0 saturated heterocycles. The zero-order valence-electron chi connectivity index (χ0n) is 9.00. The van der Waals surface area contributed by atoms with Gasteiger partial charge in [0.05, 0.1) is 0 Å². The van der Waals surface area contributed by atoms with Gasteiger partial charge in [-0.15, -0.1) is 12.4 Å². The lowest BCUT2D eigenvalue weighted by molar-refractivity contribution is 0.309. The number of ether oxygens (including phenoxy) is 1. The Labute approximate surface area is 102 Å². The van der Waals surface area contributed by atoms with Crippen LogP contribution in [0.1, 0.15) is 13.8 Å². The van der Waals surface area contributed by atoms with Crippen molar-refractivity contribution in [3.05, 3.63) is 29.3 Å². The van der Waals surface area contributed by atoms with Gasteiger partial charge in [-0.1, -0.05) is 31.5 Å². The van der Waals surface area contributed by atoms with E-state index >= 15 is 0 Å². The summed E-state index contributed by atoms with van der Waals surface area (Å²) in [7, 11) is 0. The Morgan fingerprint density at radius 2 is 2.13 bits per heavy atom. The molecule has 0 atom stereocenters. The number of hydrogen-bond acceptors (Lipinski definition) is 2. The first-order chi connectivity index (χ1) is 6.68. The second-order valence-electron chi connectivity index (χ2n) is 3.41. The van der Waals surface area contributed by atoms with Gasteiger partial charge < -0.3 is 10.1 Å². The fourth-order valence-corrected chi connectivity index (χ4v) is 1.25. The molecule has 0 unspecified atom stereocenters. The van der Waals surface area contributed by atoms with Gasteiger partial charge in [0.25, 0.3) is 0 Å². The normalized spacial score (nSPS) is 9.87. The lowest BCUT2D eigenvalue weighted by Crippen LogP contribution is -2.27. The van der Waals surface area contributed by atoms with Gasteiger partial charge in [0.1, 0.15) is 12.4 Å². The fourth-order valence-electron chi connectivity index (χ4n) is 1.07. The second-order valence-corrected chi connectivity index (χ2v) is 3.85. The molecule has 2 nitrogen and oxygen atoms in total. The molecule has 0 radical (unpaired) electrons. The Bertz CT molecular complexity index is 279. The van der Waals surface area contributed by atoms with Crippen LogP contribution in [0.5, 0.6) is 5.75 Å². The average Bonchev–Trinajstić information content (AvgIpc) is 2.12. The summed E-state index contributed by atoms with van der Waals surface area (Å²) in [6.07, 6.45) is 0. The lowest BCUT2D eigenvalue weighted by Gasteiger charge is -2.09. The summed E-state index contributed by atoms with van der Waals surface area (Å²) in [4.78, 5) is 0. The fraction of sp³-hybridized carbons (Fsp3) is 0.455. The summed E-state index contributed by atoms with van der Waals surface area (Å²) in [5, 5.41) is 3.98. The van der Waals surface area contributed by atoms with Crippen molar-refractivity contribution in [3.8, 4) is 5.75 Å². The van der Waals surface area contributed by atoms with Crippen LogP contribution in [-0.2, 0) is 0 Å². The van der Waals surface area contributed by atoms with Crippen molar-refractivity contribution in [2.45, 2.75) is 19.9 Å². The smallest absolute Gasteiger partial charge is 0.120 e. The van der Waals surface area contributed by atoms with E-state index in [9.17, 15) is 0 Å². The van der Waals surface area contributed by atoms with Crippen molar-refractivity contribution >= 4 is 24.0 Å². The number of rotatable bonds is 5. The van der Waals surface area contributed by atoms with Crippen LogP contribution in [0, 0.1) is 0 Å². The van der Waals surface area contributed by atoms with Gasteiger partial charge in [-0.25, -0.2) is 0 Å². The van der Waals surface area contributed by atoms with Gasteiger partial charge in [0, 0.05) is 17.6 Å². The summed E-state index contributed by atoms with van der Waals surface area (Å²) < 4.78 is 5.49. The Kier molecular flexibility index (Phi) is 7.57. The first-order valence-electron chi connectivity index (χ1n) is 4.80. The van der Waals surface area contributed by atoms with Crippen LogP contribution in [0.2, 0.25) is 5.02 Å². The van der Waals surface area contributed by atoms with Crippen LogP contribution in [0.4, 0.5) is 0 Å². The predicted octanol–water partition coefficient (Wildman–Crippen LogP) is 3.14. The Balaban J connectivity index is 0.00000196. The van der Waals surface area contributed by atoms with Crippen LogP contribution in [0.15, 0.2) is 24.3 Å². The van der Waals surface area contributed by atoms with E-state index in [0.717, 1.165) is 12.3 Å². The summed E-state index contributed by atoms with van der Waals surface area (Å²) in [5.41, 5.74) is 0. The molecule has 86 valence electrons.